The van der Waals surface area contributed by atoms with Crippen LogP contribution in [-0.4, -0.2) is 18.4 Å². The van der Waals surface area contributed by atoms with Crippen molar-refractivity contribution in [3.8, 4) is 6.07 Å². The van der Waals surface area contributed by atoms with E-state index in [1.807, 2.05) is 0 Å². The minimum absolute atomic E-state index is 0.166. The molecule has 1 aliphatic rings. The Balaban J connectivity index is 2.15. The van der Waals surface area contributed by atoms with Gasteiger partial charge in [0.1, 0.15) is 11.5 Å². The molecular formula is C18H20FN2O3+. The van der Waals surface area contributed by atoms with Gasteiger partial charge in [0, 0.05) is 0 Å². The van der Waals surface area contributed by atoms with E-state index < -0.39 is 35.5 Å². The predicted octanol–water partition coefficient (Wildman–Crippen LogP) is 1.65. The lowest BCUT2D eigenvalue weighted by molar-refractivity contribution is -0.309. The molecule has 1 aromatic rings. The number of nitrogens with zero attached hydrogens (tertiary/aromatic N) is 1. The Labute approximate surface area is 139 Å². The maximum Gasteiger partial charge on any atom is 0.316 e. The van der Waals surface area contributed by atoms with Gasteiger partial charge in [-0.2, -0.15) is 5.26 Å². The van der Waals surface area contributed by atoms with E-state index in [1.165, 1.54) is 12.1 Å². The van der Waals surface area contributed by atoms with Crippen molar-refractivity contribution in [2.75, 3.05) is 6.61 Å². The molecule has 1 saturated carbocycles. The van der Waals surface area contributed by atoms with Crippen molar-refractivity contribution < 1.29 is 24.5 Å². The fourth-order valence-electron chi connectivity index (χ4n) is 3.12. The van der Waals surface area contributed by atoms with E-state index in [-0.39, 0.29) is 5.70 Å². The van der Waals surface area contributed by atoms with Crippen molar-refractivity contribution in [3.63, 3.8) is 0 Å². The second-order valence-electron chi connectivity index (χ2n) is 6.06. The maximum absolute atomic E-state index is 13.5. The van der Waals surface area contributed by atoms with Crippen LogP contribution in [0.5, 0.6) is 0 Å². The van der Waals surface area contributed by atoms with Gasteiger partial charge in [-0.1, -0.05) is 25.0 Å². The Morgan fingerprint density at radius 3 is 2.62 bits per heavy atom. The second kappa shape index (κ2) is 7.37. The molecule has 0 spiro atoms. The Kier molecular flexibility index (Phi) is 5.47. The summed E-state index contributed by atoms with van der Waals surface area (Å²) >= 11 is 0. The summed E-state index contributed by atoms with van der Waals surface area (Å²) in [5.41, 5.74) is 3.29. The molecule has 126 valence electrons. The number of hydrogen-bond donors (Lipinski definition) is 1. The number of Topliss-reactive ketones (excluding diaryl/α,β-unsaturated/α-hetero) is 1. The van der Waals surface area contributed by atoms with Crippen LogP contribution in [0.1, 0.15) is 31.2 Å². The van der Waals surface area contributed by atoms with Crippen LogP contribution in [0.4, 0.5) is 4.39 Å². The number of rotatable bonds is 6. The number of halogens is 1. The molecule has 3 N–H and O–H groups in total. The van der Waals surface area contributed by atoms with Crippen molar-refractivity contribution in [1.82, 2.24) is 0 Å². The molecule has 1 aromatic carbocycles. The van der Waals surface area contributed by atoms with E-state index in [1.54, 1.807) is 18.2 Å². The lowest BCUT2D eigenvalue weighted by atomic mass is 9.79. The third-order valence-electron chi connectivity index (χ3n) is 4.43. The van der Waals surface area contributed by atoms with E-state index in [0.717, 1.165) is 12.8 Å². The maximum atomic E-state index is 13.5. The molecule has 0 amide bonds. The largest absolute Gasteiger partial charge is 0.457 e. The monoisotopic (exact) mass is 331 g/mol. The second-order valence-corrected chi connectivity index (χ2v) is 6.06. The van der Waals surface area contributed by atoms with Gasteiger partial charge in [-0.3, -0.25) is 9.59 Å². The Bertz CT molecular complexity index is 702. The fourth-order valence-corrected chi connectivity index (χ4v) is 3.12. The highest BCUT2D eigenvalue weighted by Gasteiger charge is 2.44. The number of ether oxygens (including phenoxy) is 1. The topological polar surface area (TPSA) is 94.8 Å². The molecule has 5 nitrogen and oxygen atoms in total. The molecular weight excluding hydrogens is 311 g/mol. The molecule has 0 bridgehead atoms. The SMILES string of the molecule is C=C([NH3+])[C@@H](C#N)C(=O)COC(=O)C1(c2cccc(F)c2)CCCC1. The van der Waals surface area contributed by atoms with E-state index in [0.29, 0.717) is 18.4 Å². The summed E-state index contributed by atoms with van der Waals surface area (Å²) in [5.74, 6) is -2.62. The van der Waals surface area contributed by atoms with Crippen LogP contribution in [0.2, 0.25) is 0 Å². The van der Waals surface area contributed by atoms with Gasteiger partial charge in [0.05, 0.1) is 11.5 Å². The van der Waals surface area contributed by atoms with Gasteiger partial charge in [0.2, 0.25) is 0 Å². The molecule has 0 saturated heterocycles. The van der Waals surface area contributed by atoms with E-state index >= 15 is 0 Å². The van der Waals surface area contributed by atoms with Crippen LogP contribution < -0.4 is 5.73 Å². The van der Waals surface area contributed by atoms with Crippen molar-refractivity contribution in [1.29, 1.82) is 5.26 Å². The highest BCUT2D eigenvalue weighted by molar-refractivity contribution is 5.90. The first-order valence-electron chi connectivity index (χ1n) is 7.77. The molecule has 2 rings (SSSR count). The fraction of sp³-hybridized carbons (Fsp3) is 0.389. The molecule has 0 aliphatic heterocycles. The minimum atomic E-state index is -1.09. The van der Waals surface area contributed by atoms with Gasteiger partial charge in [-0.15, -0.1) is 0 Å². The summed E-state index contributed by atoms with van der Waals surface area (Å²) < 4.78 is 18.7. The van der Waals surface area contributed by atoms with E-state index in [4.69, 9.17) is 10.00 Å². The summed E-state index contributed by atoms with van der Waals surface area (Å²) in [5, 5.41) is 8.95. The van der Waals surface area contributed by atoms with Crippen LogP contribution in [0.25, 0.3) is 0 Å². The highest BCUT2D eigenvalue weighted by atomic mass is 19.1. The zero-order chi connectivity index (χ0) is 17.7. The summed E-state index contributed by atoms with van der Waals surface area (Å²) in [4.78, 5) is 24.6. The number of carbonyl (C=O) groups excluding carboxylic acids is 2. The van der Waals surface area contributed by atoms with Gasteiger partial charge in [0.25, 0.3) is 0 Å². The van der Waals surface area contributed by atoms with Crippen LogP contribution in [0.15, 0.2) is 36.5 Å². The first-order chi connectivity index (χ1) is 11.4. The first-order valence-corrected chi connectivity index (χ1v) is 7.77. The van der Waals surface area contributed by atoms with Crippen molar-refractivity contribution in [3.05, 3.63) is 47.9 Å². The zero-order valence-corrected chi connectivity index (χ0v) is 13.4. The van der Waals surface area contributed by atoms with E-state index in [9.17, 15) is 14.0 Å². The molecule has 0 heterocycles. The molecule has 1 fully saturated rings. The van der Waals surface area contributed by atoms with Crippen molar-refractivity contribution in [2.45, 2.75) is 31.1 Å². The smallest absolute Gasteiger partial charge is 0.316 e. The van der Waals surface area contributed by atoms with Crippen LogP contribution in [-0.2, 0) is 19.7 Å². The summed E-state index contributed by atoms with van der Waals surface area (Å²) in [6.45, 7) is 2.98. The summed E-state index contributed by atoms with van der Waals surface area (Å²) in [6.07, 6.45) is 2.76. The Hall–Kier alpha value is -2.52. The van der Waals surface area contributed by atoms with Crippen molar-refractivity contribution in [2.24, 2.45) is 5.92 Å². The van der Waals surface area contributed by atoms with Crippen LogP contribution >= 0.6 is 0 Å². The average molecular weight is 331 g/mol. The molecule has 24 heavy (non-hydrogen) atoms. The van der Waals surface area contributed by atoms with Crippen LogP contribution in [0, 0.1) is 23.1 Å². The van der Waals surface area contributed by atoms with Gasteiger partial charge in [-0.25, -0.2) is 4.39 Å². The predicted molar refractivity (Wildman–Crippen MR) is 83.6 cm³/mol. The summed E-state index contributed by atoms with van der Waals surface area (Å²) in [7, 11) is 0. The van der Waals surface area contributed by atoms with Gasteiger partial charge in [-0.05, 0) is 37.1 Å². The van der Waals surface area contributed by atoms with Gasteiger partial charge < -0.3 is 10.5 Å². The van der Waals surface area contributed by atoms with Gasteiger partial charge >= 0.3 is 5.97 Å². The lowest BCUT2D eigenvalue weighted by Gasteiger charge is -2.27. The number of esters is 1. The molecule has 1 atom stereocenters. The Morgan fingerprint density at radius 2 is 2.08 bits per heavy atom. The van der Waals surface area contributed by atoms with Crippen LogP contribution in [0.3, 0.4) is 0 Å². The standard InChI is InChI=1S/C18H19FN2O3/c1-12(21)15(10-20)16(22)11-24-17(23)18(7-2-3-8-18)13-5-4-6-14(19)9-13/h4-6,9,15H,1-3,7-8,11,21H2/p+1/t15-/m1/s1. The minimum Gasteiger partial charge on any atom is -0.457 e. The molecule has 0 aromatic heterocycles. The number of hydrogen-bond acceptors (Lipinski definition) is 4. The Morgan fingerprint density at radius 1 is 1.42 bits per heavy atom. The third kappa shape index (κ3) is 3.52. The third-order valence-corrected chi connectivity index (χ3v) is 4.43. The van der Waals surface area contributed by atoms with E-state index in [2.05, 4.69) is 12.3 Å². The number of nitriles is 1. The van der Waals surface area contributed by atoms with Crippen molar-refractivity contribution >= 4 is 11.8 Å². The number of benzene rings is 1. The molecule has 0 unspecified atom stereocenters. The first kappa shape index (κ1) is 17.8. The highest BCUT2D eigenvalue weighted by Crippen LogP contribution is 2.42. The molecule has 6 heteroatoms. The number of allylic oxidation sites excluding steroid dienone is 1. The molecule has 1 aliphatic carbocycles. The summed E-state index contributed by atoms with van der Waals surface area (Å²) in [6, 6.07) is 7.71. The number of carbonyl (C=O) groups is 2. The van der Waals surface area contributed by atoms with Gasteiger partial charge in [0.15, 0.2) is 18.3 Å². The number of quaternary nitrogens is 1. The average Bonchev–Trinajstić information content (AvgIpc) is 3.04. The normalized spacial score (nSPS) is 16.9. The lowest BCUT2D eigenvalue weighted by Crippen LogP contribution is -2.52. The molecule has 0 radical (unpaired) electrons. The zero-order valence-electron chi connectivity index (χ0n) is 13.4. The number of ketones is 1. The quantitative estimate of drug-likeness (QED) is 0.802.